The number of thiazole rings is 1. The Morgan fingerprint density at radius 3 is 3.20 bits per heavy atom. The van der Waals surface area contributed by atoms with E-state index in [1.165, 1.54) is 11.3 Å². The van der Waals surface area contributed by atoms with E-state index in [1.54, 1.807) is 18.5 Å². The van der Waals surface area contributed by atoms with Gasteiger partial charge in [0.05, 0.1) is 18.3 Å². The van der Waals surface area contributed by atoms with Crippen LogP contribution in [0.25, 0.3) is 0 Å². The number of nitrogens with one attached hydrogen (secondary N) is 1. The molecule has 0 unspecified atom stereocenters. The monoisotopic (exact) mass is 289 g/mol. The number of hydrogen-bond donors (Lipinski definition) is 1. The smallest absolute Gasteiger partial charge is 0.226 e. The summed E-state index contributed by atoms with van der Waals surface area (Å²) >= 11 is 1.48. The van der Waals surface area contributed by atoms with Crippen LogP contribution >= 0.6 is 11.3 Å². The Morgan fingerprint density at radius 2 is 2.45 bits per heavy atom. The van der Waals surface area contributed by atoms with Crippen molar-refractivity contribution in [2.45, 2.75) is 13.0 Å². The highest BCUT2D eigenvalue weighted by atomic mass is 32.1. The van der Waals surface area contributed by atoms with Crippen molar-refractivity contribution in [3.8, 4) is 5.75 Å². The second kappa shape index (κ2) is 7.40. The summed E-state index contributed by atoms with van der Waals surface area (Å²) in [6, 6.07) is 3.65. The van der Waals surface area contributed by atoms with Crippen molar-refractivity contribution >= 4 is 17.2 Å². The number of amides is 1. The van der Waals surface area contributed by atoms with Crippen LogP contribution in [0.1, 0.15) is 10.7 Å². The van der Waals surface area contributed by atoms with E-state index in [4.69, 9.17) is 4.74 Å². The molecule has 0 aliphatic rings. The average Bonchev–Trinajstić information content (AvgIpc) is 2.91. The quantitative estimate of drug-likeness (QED) is 0.791. The molecule has 0 aromatic carbocycles. The lowest BCUT2D eigenvalue weighted by atomic mass is 10.3. The minimum atomic E-state index is -0.0603. The molecule has 104 valence electrons. The van der Waals surface area contributed by atoms with E-state index in [-0.39, 0.29) is 12.3 Å². The zero-order valence-electron chi connectivity index (χ0n) is 10.9. The van der Waals surface area contributed by atoms with Crippen molar-refractivity contribution in [3.05, 3.63) is 53.3 Å². The predicted molar refractivity (Wildman–Crippen MR) is 77.6 cm³/mol. The minimum absolute atomic E-state index is 0.0603. The molecule has 0 spiro atoms. The highest BCUT2D eigenvalue weighted by molar-refractivity contribution is 7.09. The Hall–Kier alpha value is -2.21. The van der Waals surface area contributed by atoms with E-state index in [9.17, 15) is 4.79 Å². The Morgan fingerprint density at radius 1 is 1.55 bits per heavy atom. The zero-order valence-corrected chi connectivity index (χ0v) is 11.7. The number of hydrogen-bond acceptors (Lipinski definition) is 5. The summed E-state index contributed by atoms with van der Waals surface area (Å²) in [5, 5.41) is 5.42. The summed E-state index contributed by atoms with van der Waals surface area (Å²) in [4.78, 5) is 19.9. The fourth-order valence-electron chi connectivity index (χ4n) is 1.49. The van der Waals surface area contributed by atoms with Gasteiger partial charge < -0.3 is 10.1 Å². The number of pyridine rings is 1. The number of carbonyl (C=O) groups is 1. The third kappa shape index (κ3) is 4.47. The molecule has 2 aromatic heterocycles. The fourth-order valence-corrected chi connectivity index (χ4v) is 2.19. The second-order valence-electron chi connectivity index (χ2n) is 3.98. The van der Waals surface area contributed by atoms with Crippen LogP contribution in [-0.2, 0) is 17.8 Å². The van der Waals surface area contributed by atoms with Crippen LogP contribution in [0, 0.1) is 0 Å². The summed E-state index contributed by atoms with van der Waals surface area (Å²) in [6.45, 7) is 4.40. The van der Waals surface area contributed by atoms with E-state index >= 15 is 0 Å². The van der Waals surface area contributed by atoms with E-state index in [0.29, 0.717) is 18.9 Å². The molecule has 0 radical (unpaired) electrons. The van der Waals surface area contributed by atoms with Gasteiger partial charge in [0.25, 0.3) is 0 Å². The van der Waals surface area contributed by atoms with Crippen molar-refractivity contribution in [1.29, 1.82) is 0 Å². The summed E-state index contributed by atoms with van der Waals surface area (Å²) in [5.74, 6) is 0.642. The van der Waals surface area contributed by atoms with Crippen molar-refractivity contribution in [1.82, 2.24) is 15.3 Å². The Balaban J connectivity index is 1.83. The van der Waals surface area contributed by atoms with Gasteiger partial charge in [0, 0.05) is 18.1 Å². The molecule has 0 aliphatic carbocycles. The van der Waals surface area contributed by atoms with Gasteiger partial charge in [0.2, 0.25) is 5.91 Å². The molecule has 0 atom stereocenters. The first-order chi connectivity index (χ1) is 9.78. The molecular weight excluding hydrogens is 274 g/mol. The normalized spacial score (nSPS) is 10.0. The molecule has 2 aromatic rings. The van der Waals surface area contributed by atoms with Crippen LogP contribution in [0.4, 0.5) is 0 Å². The molecule has 1 amide bonds. The third-order valence-electron chi connectivity index (χ3n) is 2.38. The zero-order chi connectivity index (χ0) is 14.2. The van der Waals surface area contributed by atoms with Gasteiger partial charge in [-0.25, -0.2) is 4.98 Å². The van der Waals surface area contributed by atoms with Crippen LogP contribution in [0.2, 0.25) is 0 Å². The van der Waals surface area contributed by atoms with Crippen LogP contribution < -0.4 is 10.1 Å². The highest BCUT2D eigenvalue weighted by Crippen LogP contribution is 2.14. The summed E-state index contributed by atoms with van der Waals surface area (Å²) in [7, 11) is 0. The molecule has 0 fully saturated rings. The molecule has 6 heteroatoms. The lowest BCUT2D eigenvalue weighted by Crippen LogP contribution is -2.25. The van der Waals surface area contributed by atoms with Gasteiger partial charge in [0.15, 0.2) is 0 Å². The number of rotatable bonds is 7. The molecule has 0 aliphatic heterocycles. The molecule has 2 rings (SSSR count). The Bertz CT molecular complexity index is 569. The number of carbonyl (C=O) groups excluding carboxylic acids is 1. The van der Waals surface area contributed by atoms with Crippen LogP contribution in [-0.4, -0.2) is 22.4 Å². The number of aromatic nitrogens is 2. The lowest BCUT2D eigenvalue weighted by Gasteiger charge is -2.02. The lowest BCUT2D eigenvalue weighted by molar-refractivity contribution is -0.120. The molecule has 1 N–H and O–H groups in total. The Labute approximate surface area is 121 Å². The van der Waals surface area contributed by atoms with Crippen LogP contribution in [0.3, 0.4) is 0 Å². The molecule has 0 saturated heterocycles. The molecule has 0 bridgehead atoms. The van der Waals surface area contributed by atoms with Gasteiger partial charge in [0.1, 0.15) is 17.4 Å². The van der Waals surface area contributed by atoms with Crippen molar-refractivity contribution in [2.24, 2.45) is 0 Å². The minimum Gasteiger partial charge on any atom is -0.485 e. The number of nitrogens with zero attached hydrogens (tertiary/aromatic N) is 2. The van der Waals surface area contributed by atoms with Gasteiger partial charge in [-0.1, -0.05) is 6.08 Å². The second-order valence-corrected chi connectivity index (χ2v) is 4.92. The van der Waals surface area contributed by atoms with E-state index in [2.05, 4.69) is 21.9 Å². The first kappa shape index (κ1) is 14.2. The Kier molecular flexibility index (Phi) is 5.25. The first-order valence-corrected chi connectivity index (χ1v) is 6.99. The molecular formula is C14H15N3O2S. The van der Waals surface area contributed by atoms with Gasteiger partial charge in [-0.05, 0) is 12.1 Å². The third-order valence-corrected chi connectivity index (χ3v) is 3.25. The van der Waals surface area contributed by atoms with Crippen molar-refractivity contribution in [2.75, 3.05) is 6.54 Å². The van der Waals surface area contributed by atoms with E-state index in [0.717, 1.165) is 10.7 Å². The summed E-state index contributed by atoms with van der Waals surface area (Å²) in [5.41, 5.74) is 0.751. The average molecular weight is 289 g/mol. The fraction of sp³-hybridized carbons (Fsp3) is 0.214. The van der Waals surface area contributed by atoms with Gasteiger partial charge in [-0.2, -0.15) is 0 Å². The van der Waals surface area contributed by atoms with Gasteiger partial charge in [-0.3, -0.25) is 9.78 Å². The maximum absolute atomic E-state index is 11.5. The summed E-state index contributed by atoms with van der Waals surface area (Å²) in [6.07, 6.45) is 5.26. The molecule has 2 heterocycles. The van der Waals surface area contributed by atoms with Gasteiger partial charge >= 0.3 is 0 Å². The van der Waals surface area contributed by atoms with Gasteiger partial charge in [-0.15, -0.1) is 17.9 Å². The maximum Gasteiger partial charge on any atom is 0.226 e. The molecule has 20 heavy (non-hydrogen) atoms. The SMILES string of the molecule is C=CCNC(=O)Cc1csc(COc2cccnc2)n1. The topological polar surface area (TPSA) is 64.1 Å². The largest absolute Gasteiger partial charge is 0.485 e. The summed E-state index contributed by atoms with van der Waals surface area (Å²) < 4.78 is 5.55. The van der Waals surface area contributed by atoms with Crippen molar-refractivity contribution < 1.29 is 9.53 Å². The van der Waals surface area contributed by atoms with E-state index in [1.807, 2.05) is 17.5 Å². The van der Waals surface area contributed by atoms with Crippen LogP contribution in [0.15, 0.2) is 42.6 Å². The van der Waals surface area contributed by atoms with E-state index < -0.39 is 0 Å². The van der Waals surface area contributed by atoms with Crippen molar-refractivity contribution in [3.63, 3.8) is 0 Å². The molecule has 0 saturated carbocycles. The molecule has 5 nitrogen and oxygen atoms in total. The highest BCUT2D eigenvalue weighted by Gasteiger charge is 2.07. The first-order valence-electron chi connectivity index (χ1n) is 6.11. The standard InChI is InChI=1S/C14H15N3O2S/c1-2-5-16-13(18)7-11-10-20-14(17-11)9-19-12-4-3-6-15-8-12/h2-4,6,8,10H,1,5,7,9H2,(H,16,18). The predicted octanol–water partition coefficient (Wildman–Crippen LogP) is 1.96. The maximum atomic E-state index is 11.5. The van der Waals surface area contributed by atoms with Crippen LogP contribution in [0.5, 0.6) is 5.75 Å². The number of ether oxygens (including phenoxy) is 1.